The van der Waals surface area contributed by atoms with Gasteiger partial charge in [0.15, 0.2) is 11.5 Å². The van der Waals surface area contributed by atoms with Gasteiger partial charge in [0.25, 0.3) is 5.56 Å². The van der Waals surface area contributed by atoms with Gasteiger partial charge < -0.3 is 14.5 Å². The maximum Gasteiger partial charge on any atom is 0.267 e. The van der Waals surface area contributed by atoms with Crippen LogP contribution in [0.2, 0.25) is 0 Å². The Morgan fingerprint density at radius 2 is 1.77 bits per heavy atom. The van der Waals surface area contributed by atoms with E-state index in [0.717, 1.165) is 4.68 Å². The Kier molecular flexibility index (Phi) is 5.43. The van der Waals surface area contributed by atoms with Crippen LogP contribution < -0.4 is 15.6 Å². The summed E-state index contributed by atoms with van der Waals surface area (Å²) < 4.78 is 12.3. The van der Waals surface area contributed by atoms with Gasteiger partial charge >= 0.3 is 0 Å². The molecule has 4 aromatic rings. The van der Waals surface area contributed by atoms with Gasteiger partial charge in [-0.2, -0.15) is 5.10 Å². The van der Waals surface area contributed by atoms with Gasteiger partial charge in [-0.1, -0.05) is 30.3 Å². The number of furan rings is 1. The lowest BCUT2D eigenvalue weighted by atomic mass is 10.2. The molecule has 7 nitrogen and oxygen atoms in total. The zero-order valence-corrected chi connectivity index (χ0v) is 16.2. The molecule has 1 atom stereocenters. The average molecular weight is 401 g/mol. The first-order valence-electron chi connectivity index (χ1n) is 9.38. The van der Waals surface area contributed by atoms with Crippen LogP contribution in [0.3, 0.4) is 0 Å². The molecule has 30 heavy (non-hydrogen) atoms. The largest absolute Gasteiger partial charge is 0.463 e. The number of nitrogens with zero attached hydrogens (tertiary/aromatic N) is 2. The van der Waals surface area contributed by atoms with Gasteiger partial charge in [-0.3, -0.25) is 9.59 Å². The van der Waals surface area contributed by atoms with Crippen molar-refractivity contribution < 1.29 is 13.9 Å². The number of amides is 1. The Bertz CT molecular complexity index is 1200. The molecule has 150 valence electrons. The SMILES string of the molecule is CC(C(=O)Nc1ccccc1Oc1ccccc1)n1nc(-c2ccco2)ccc1=O. The summed E-state index contributed by atoms with van der Waals surface area (Å²) in [6.07, 6.45) is 1.52. The Hall–Kier alpha value is -4.13. The molecule has 2 heterocycles. The second kappa shape index (κ2) is 8.48. The third kappa shape index (κ3) is 4.15. The van der Waals surface area contributed by atoms with Crippen LogP contribution in [-0.2, 0) is 4.79 Å². The third-order valence-electron chi connectivity index (χ3n) is 4.46. The first-order chi connectivity index (χ1) is 14.6. The molecule has 0 saturated heterocycles. The van der Waals surface area contributed by atoms with Crippen molar-refractivity contribution in [3.63, 3.8) is 0 Å². The Morgan fingerprint density at radius 3 is 2.53 bits per heavy atom. The smallest absolute Gasteiger partial charge is 0.267 e. The minimum Gasteiger partial charge on any atom is -0.463 e. The topological polar surface area (TPSA) is 86.4 Å². The summed E-state index contributed by atoms with van der Waals surface area (Å²) in [6, 6.07) is 21.9. The van der Waals surface area contributed by atoms with Crippen LogP contribution in [0.4, 0.5) is 5.69 Å². The zero-order chi connectivity index (χ0) is 20.9. The number of carbonyl (C=O) groups is 1. The fraction of sp³-hybridized carbons (Fsp3) is 0.0870. The van der Waals surface area contributed by atoms with Crippen LogP contribution >= 0.6 is 0 Å². The molecule has 0 fully saturated rings. The van der Waals surface area contributed by atoms with E-state index in [1.54, 1.807) is 43.3 Å². The van der Waals surface area contributed by atoms with Gasteiger partial charge in [0.05, 0.1) is 12.0 Å². The van der Waals surface area contributed by atoms with Gasteiger partial charge in [0, 0.05) is 6.07 Å². The number of carbonyl (C=O) groups excluding carboxylic acids is 1. The van der Waals surface area contributed by atoms with Crippen molar-refractivity contribution in [2.24, 2.45) is 0 Å². The van der Waals surface area contributed by atoms with Crippen molar-refractivity contribution in [3.05, 3.63) is 95.5 Å². The summed E-state index contributed by atoms with van der Waals surface area (Å²) in [5.41, 5.74) is 0.572. The monoisotopic (exact) mass is 401 g/mol. The number of nitrogens with one attached hydrogen (secondary N) is 1. The van der Waals surface area contributed by atoms with Crippen LogP contribution in [0.5, 0.6) is 11.5 Å². The minimum atomic E-state index is -0.850. The van der Waals surface area contributed by atoms with E-state index in [4.69, 9.17) is 9.15 Å². The van der Waals surface area contributed by atoms with E-state index in [2.05, 4.69) is 10.4 Å². The summed E-state index contributed by atoms with van der Waals surface area (Å²) in [5, 5.41) is 7.11. The van der Waals surface area contributed by atoms with Crippen molar-refractivity contribution in [1.29, 1.82) is 0 Å². The lowest BCUT2D eigenvalue weighted by Crippen LogP contribution is -2.33. The lowest BCUT2D eigenvalue weighted by Gasteiger charge is -2.16. The second-order valence-electron chi connectivity index (χ2n) is 6.56. The molecule has 4 rings (SSSR count). The number of hydrogen-bond acceptors (Lipinski definition) is 5. The summed E-state index contributed by atoms with van der Waals surface area (Å²) in [5.74, 6) is 1.26. The molecule has 0 bridgehead atoms. The van der Waals surface area contributed by atoms with E-state index in [1.807, 2.05) is 36.4 Å². The number of para-hydroxylation sites is 3. The van der Waals surface area contributed by atoms with E-state index in [0.29, 0.717) is 28.6 Å². The maximum atomic E-state index is 12.9. The number of benzene rings is 2. The summed E-state index contributed by atoms with van der Waals surface area (Å²) in [4.78, 5) is 25.2. The van der Waals surface area contributed by atoms with Gasteiger partial charge in [-0.15, -0.1) is 0 Å². The van der Waals surface area contributed by atoms with Gasteiger partial charge in [-0.25, -0.2) is 4.68 Å². The molecule has 1 N–H and O–H groups in total. The predicted octanol–water partition coefficient (Wildman–Crippen LogP) is 4.50. The fourth-order valence-electron chi connectivity index (χ4n) is 2.88. The first kappa shape index (κ1) is 19.2. The van der Waals surface area contributed by atoms with Crippen LogP contribution in [0.1, 0.15) is 13.0 Å². The molecule has 0 spiro atoms. The van der Waals surface area contributed by atoms with Gasteiger partial charge in [0.2, 0.25) is 5.91 Å². The highest BCUT2D eigenvalue weighted by Crippen LogP contribution is 2.29. The van der Waals surface area contributed by atoms with Crippen molar-refractivity contribution in [2.75, 3.05) is 5.32 Å². The van der Waals surface area contributed by atoms with Crippen molar-refractivity contribution >= 4 is 11.6 Å². The average Bonchev–Trinajstić information content (AvgIpc) is 3.31. The van der Waals surface area contributed by atoms with E-state index >= 15 is 0 Å². The number of anilines is 1. The van der Waals surface area contributed by atoms with E-state index in [1.165, 1.54) is 12.3 Å². The molecule has 0 aliphatic carbocycles. The van der Waals surface area contributed by atoms with Crippen molar-refractivity contribution in [2.45, 2.75) is 13.0 Å². The molecule has 0 saturated carbocycles. The molecule has 2 aromatic carbocycles. The normalized spacial score (nSPS) is 11.6. The Morgan fingerprint density at radius 1 is 1.00 bits per heavy atom. The predicted molar refractivity (Wildman–Crippen MR) is 112 cm³/mol. The summed E-state index contributed by atoms with van der Waals surface area (Å²) in [7, 11) is 0. The Labute approximate surface area is 172 Å². The molecule has 0 aliphatic rings. The zero-order valence-electron chi connectivity index (χ0n) is 16.2. The first-order valence-corrected chi connectivity index (χ1v) is 9.38. The molecule has 1 amide bonds. The van der Waals surface area contributed by atoms with E-state index in [9.17, 15) is 9.59 Å². The third-order valence-corrected chi connectivity index (χ3v) is 4.46. The molecule has 2 aromatic heterocycles. The van der Waals surface area contributed by atoms with Gasteiger partial charge in [0.1, 0.15) is 17.5 Å². The van der Waals surface area contributed by atoms with Crippen LogP contribution in [0, 0.1) is 0 Å². The van der Waals surface area contributed by atoms with Crippen LogP contribution in [0.15, 0.2) is 94.3 Å². The van der Waals surface area contributed by atoms with E-state index < -0.39 is 11.9 Å². The van der Waals surface area contributed by atoms with Crippen molar-refractivity contribution in [3.8, 4) is 23.0 Å². The molecule has 0 aliphatic heterocycles. The highest BCUT2D eigenvalue weighted by molar-refractivity contribution is 5.94. The molecule has 1 unspecified atom stereocenters. The number of ether oxygens (including phenoxy) is 1. The Balaban J connectivity index is 1.56. The summed E-state index contributed by atoms with van der Waals surface area (Å²) >= 11 is 0. The van der Waals surface area contributed by atoms with Crippen LogP contribution in [-0.4, -0.2) is 15.7 Å². The van der Waals surface area contributed by atoms with E-state index in [-0.39, 0.29) is 5.56 Å². The maximum absolute atomic E-state index is 12.9. The highest BCUT2D eigenvalue weighted by Gasteiger charge is 2.20. The lowest BCUT2D eigenvalue weighted by molar-refractivity contribution is -0.119. The molecule has 0 radical (unpaired) electrons. The fourth-order valence-corrected chi connectivity index (χ4v) is 2.88. The van der Waals surface area contributed by atoms with Crippen LogP contribution in [0.25, 0.3) is 11.5 Å². The highest BCUT2D eigenvalue weighted by atomic mass is 16.5. The minimum absolute atomic E-state index is 0.387. The second-order valence-corrected chi connectivity index (χ2v) is 6.56. The molecular weight excluding hydrogens is 382 g/mol. The molecule has 7 heteroatoms. The molecular formula is C23H19N3O4. The van der Waals surface area contributed by atoms with Gasteiger partial charge in [-0.05, 0) is 49.4 Å². The summed E-state index contributed by atoms with van der Waals surface area (Å²) in [6.45, 7) is 1.61. The number of hydrogen-bond donors (Lipinski definition) is 1. The number of rotatable bonds is 6. The standard InChI is InChI=1S/C23H19N3O4/c1-16(26-22(27)14-13-19(25-26)20-12-7-15-29-20)23(28)24-18-10-5-6-11-21(18)30-17-8-3-2-4-9-17/h2-16H,1H3,(H,24,28). The van der Waals surface area contributed by atoms with Crippen molar-refractivity contribution in [1.82, 2.24) is 9.78 Å². The number of aromatic nitrogens is 2. The quantitative estimate of drug-likeness (QED) is 0.514.